The first-order valence-electron chi connectivity index (χ1n) is 6.18. The first kappa shape index (κ1) is 9.85. The second-order valence-corrected chi connectivity index (χ2v) is 4.63. The zero-order valence-corrected chi connectivity index (χ0v) is 9.90. The van der Waals surface area contributed by atoms with Crippen LogP contribution in [0.15, 0.2) is 42.5 Å². The topological polar surface area (TPSA) is 37.0 Å². The predicted molar refractivity (Wildman–Crippen MR) is 74.6 cm³/mol. The molecule has 0 atom stereocenters. The van der Waals surface area contributed by atoms with Crippen LogP contribution >= 0.6 is 0 Å². The van der Waals surface area contributed by atoms with Gasteiger partial charge in [-0.3, -0.25) is 5.32 Å². The molecule has 2 heterocycles. The third-order valence-corrected chi connectivity index (χ3v) is 3.49. The van der Waals surface area contributed by atoms with Crippen molar-refractivity contribution in [3.8, 4) is 0 Å². The minimum Gasteiger partial charge on any atom is -0.372 e. The van der Waals surface area contributed by atoms with E-state index in [1.54, 1.807) is 0 Å². The summed E-state index contributed by atoms with van der Waals surface area (Å²) in [5.74, 6) is 0. The summed E-state index contributed by atoms with van der Waals surface area (Å²) in [4.78, 5) is 4.73. The molecule has 0 fully saturated rings. The van der Waals surface area contributed by atoms with Crippen molar-refractivity contribution in [1.29, 1.82) is 0 Å². The van der Waals surface area contributed by atoms with Crippen LogP contribution < -0.4 is 10.6 Å². The first-order chi connectivity index (χ1) is 8.92. The molecule has 0 bridgehead atoms. The Bertz CT molecular complexity index is 749. The molecule has 3 aromatic rings. The minimum absolute atomic E-state index is 0.818. The molecule has 0 radical (unpaired) electrons. The second-order valence-electron chi connectivity index (χ2n) is 4.63. The lowest BCUT2D eigenvalue weighted by atomic mass is 10.0. The van der Waals surface area contributed by atoms with Crippen molar-refractivity contribution >= 4 is 27.5 Å². The summed E-state index contributed by atoms with van der Waals surface area (Å²) in [7, 11) is 0. The average Bonchev–Trinajstić information content (AvgIpc) is 2.45. The number of aromatic nitrogens is 1. The first-order valence-corrected chi connectivity index (χ1v) is 6.18. The molecule has 0 aliphatic carbocycles. The van der Waals surface area contributed by atoms with Crippen LogP contribution in [0.4, 0.5) is 5.69 Å². The molecule has 1 aliphatic rings. The van der Waals surface area contributed by atoms with E-state index in [1.165, 1.54) is 22.0 Å². The van der Waals surface area contributed by atoms with E-state index < -0.39 is 0 Å². The molecule has 1 aliphatic heterocycles. The van der Waals surface area contributed by atoms with E-state index in [2.05, 4.69) is 47.0 Å². The second kappa shape index (κ2) is 3.68. The van der Waals surface area contributed by atoms with Crippen LogP contribution in [0.1, 0.15) is 5.56 Å². The van der Waals surface area contributed by atoms with Crippen LogP contribution in [0, 0.1) is 0 Å². The Kier molecular flexibility index (Phi) is 2.02. The quantitative estimate of drug-likeness (QED) is 0.588. The van der Waals surface area contributed by atoms with Crippen LogP contribution in [0.2, 0.25) is 0 Å². The lowest BCUT2D eigenvalue weighted by molar-refractivity contribution is 0.711. The Balaban J connectivity index is 2.11. The Labute approximate surface area is 105 Å². The molecule has 18 heavy (non-hydrogen) atoms. The molecular weight excluding hydrogens is 222 g/mol. The molecule has 88 valence electrons. The van der Waals surface area contributed by atoms with Crippen molar-refractivity contribution in [2.24, 2.45) is 0 Å². The SMILES string of the molecule is c1ccc2nc3ccc4c(c3cc2c1)NCNC4. The zero-order chi connectivity index (χ0) is 11.9. The van der Waals surface area contributed by atoms with Gasteiger partial charge in [-0.2, -0.15) is 0 Å². The van der Waals surface area contributed by atoms with Gasteiger partial charge in [0.2, 0.25) is 0 Å². The Morgan fingerprint density at radius 2 is 1.94 bits per heavy atom. The monoisotopic (exact) mass is 235 g/mol. The van der Waals surface area contributed by atoms with Crippen LogP contribution in [-0.2, 0) is 6.54 Å². The summed E-state index contributed by atoms with van der Waals surface area (Å²) in [6.07, 6.45) is 0. The number of nitrogens with zero attached hydrogens (tertiary/aromatic N) is 1. The number of para-hydroxylation sites is 1. The van der Waals surface area contributed by atoms with Crippen LogP contribution in [0.3, 0.4) is 0 Å². The summed E-state index contributed by atoms with van der Waals surface area (Å²) in [6, 6.07) is 14.7. The van der Waals surface area contributed by atoms with Crippen molar-refractivity contribution in [3.05, 3.63) is 48.0 Å². The van der Waals surface area contributed by atoms with Crippen molar-refractivity contribution in [1.82, 2.24) is 10.3 Å². The number of hydrogen-bond acceptors (Lipinski definition) is 3. The van der Waals surface area contributed by atoms with Crippen molar-refractivity contribution < 1.29 is 0 Å². The molecule has 3 heteroatoms. The van der Waals surface area contributed by atoms with Crippen molar-refractivity contribution in [3.63, 3.8) is 0 Å². The zero-order valence-electron chi connectivity index (χ0n) is 9.90. The third kappa shape index (κ3) is 1.38. The van der Waals surface area contributed by atoms with Crippen LogP contribution in [0.5, 0.6) is 0 Å². The Morgan fingerprint density at radius 3 is 2.94 bits per heavy atom. The summed E-state index contributed by atoms with van der Waals surface area (Å²) >= 11 is 0. The number of benzene rings is 2. The molecule has 4 rings (SSSR count). The summed E-state index contributed by atoms with van der Waals surface area (Å²) < 4.78 is 0. The number of fused-ring (bicyclic) bond motifs is 4. The number of pyridine rings is 1. The average molecular weight is 235 g/mol. The minimum atomic E-state index is 0.818. The molecule has 0 unspecified atom stereocenters. The standard InChI is InChI=1S/C15H13N3/c1-2-4-13-10(3-1)7-12-14(18-13)6-5-11-8-16-9-17-15(11)12/h1-7,16-17H,8-9H2. The van der Waals surface area contributed by atoms with Gasteiger partial charge in [-0.1, -0.05) is 24.3 Å². The normalized spacial score (nSPS) is 14.4. The maximum absolute atomic E-state index is 4.73. The van der Waals surface area contributed by atoms with Crippen LogP contribution in [0.25, 0.3) is 21.8 Å². The Hall–Kier alpha value is -2.13. The third-order valence-electron chi connectivity index (χ3n) is 3.49. The maximum Gasteiger partial charge on any atom is 0.0730 e. The highest BCUT2D eigenvalue weighted by atomic mass is 15.1. The number of rotatable bonds is 0. The summed E-state index contributed by atoms with van der Waals surface area (Å²) in [5, 5.41) is 9.14. The highest BCUT2D eigenvalue weighted by Gasteiger charge is 2.12. The molecule has 1 aromatic heterocycles. The lowest BCUT2D eigenvalue weighted by Gasteiger charge is -2.21. The van der Waals surface area contributed by atoms with Crippen molar-refractivity contribution in [2.75, 3.05) is 12.0 Å². The van der Waals surface area contributed by atoms with Gasteiger partial charge in [-0.15, -0.1) is 0 Å². The fourth-order valence-corrected chi connectivity index (χ4v) is 2.60. The van der Waals surface area contributed by atoms with Gasteiger partial charge < -0.3 is 5.32 Å². The van der Waals surface area contributed by atoms with E-state index in [1.807, 2.05) is 6.07 Å². The Morgan fingerprint density at radius 1 is 1.00 bits per heavy atom. The molecule has 0 spiro atoms. The van der Waals surface area contributed by atoms with E-state index in [0.29, 0.717) is 0 Å². The van der Waals surface area contributed by atoms with Gasteiger partial charge >= 0.3 is 0 Å². The summed E-state index contributed by atoms with van der Waals surface area (Å²) in [5.41, 5.74) is 4.65. The highest BCUT2D eigenvalue weighted by molar-refractivity contribution is 6.00. The van der Waals surface area contributed by atoms with E-state index in [4.69, 9.17) is 4.98 Å². The molecule has 0 saturated heterocycles. The molecule has 2 aromatic carbocycles. The number of hydrogen-bond donors (Lipinski definition) is 2. The van der Waals surface area contributed by atoms with E-state index >= 15 is 0 Å². The van der Waals surface area contributed by atoms with Gasteiger partial charge in [0.15, 0.2) is 0 Å². The lowest BCUT2D eigenvalue weighted by Crippen LogP contribution is -2.27. The maximum atomic E-state index is 4.73. The summed E-state index contributed by atoms with van der Waals surface area (Å²) in [6.45, 7) is 1.74. The predicted octanol–water partition coefficient (Wildman–Crippen LogP) is 2.86. The van der Waals surface area contributed by atoms with Gasteiger partial charge in [0.05, 0.1) is 17.7 Å². The van der Waals surface area contributed by atoms with E-state index in [-0.39, 0.29) is 0 Å². The molecular formula is C15H13N3. The van der Waals surface area contributed by atoms with Crippen molar-refractivity contribution in [2.45, 2.75) is 6.54 Å². The van der Waals surface area contributed by atoms with Gasteiger partial charge in [0.25, 0.3) is 0 Å². The van der Waals surface area contributed by atoms with E-state index in [9.17, 15) is 0 Å². The number of nitrogens with one attached hydrogen (secondary N) is 2. The smallest absolute Gasteiger partial charge is 0.0730 e. The fraction of sp³-hybridized carbons (Fsp3) is 0.133. The van der Waals surface area contributed by atoms with Gasteiger partial charge in [-0.25, -0.2) is 4.98 Å². The fourth-order valence-electron chi connectivity index (χ4n) is 2.60. The molecule has 0 saturated carbocycles. The van der Waals surface area contributed by atoms with Gasteiger partial charge in [0.1, 0.15) is 0 Å². The molecule has 0 amide bonds. The molecule has 2 N–H and O–H groups in total. The largest absolute Gasteiger partial charge is 0.372 e. The number of anilines is 1. The van der Waals surface area contributed by atoms with Crippen LogP contribution in [-0.4, -0.2) is 11.7 Å². The van der Waals surface area contributed by atoms with Gasteiger partial charge in [-0.05, 0) is 23.8 Å². The van der Waals surface area contributed by atoms with E-state index in [0.717, 1.165) is 24.2 Å². The molecule has 3 nitrogen and oxygen atoms in total. The van der Waals surface area contributed by atoms with Gasteiger partial charge in [0, 0.05) is 23.0 Å². The highest BCUT2D eigenvalue weighted by Crippen LogP contribution is 2.30.